The zero-order valence-electron chi connectivity index (χ0n) is 12.9. The van der Waals surface area contributed by atoms with Gasteiger partial charge in [0.05, 0.1) is 5.41 Å². The molecule has 0 aromatic carbocycles. The molecule has 0 heterocycles. The van der Waals surface area contributed by atoms with E-state index in [2.05, 4.69) is 0 Å². The van der Waals surface area contributed by atoms with Crippen molar-refractivity contribution in [2.24, 2.45) is 29.1 Å². The van der Waals surface area contributed by atoms with E-state index < -0.39 is 11.6 Å². The fourth-order valence-electron chi connectivity index (χ4n) is 3.98. The van der Waals surface area contributed by atoms with Crippen LogP contribution < -0.4 is 0 Å². The SMILES string of the molecule is CCC(CC)C(C)(C(C(C)C)C(C)C)C(F)(F)F. The molecule has 0 aromatic rings. The van der Waals surface area contributed by atoms with E-state index in [0.717, 1.165) is 0 Å². The Morgan fingerprint density at radius 3 is 1.33 bits per heavy atom. The quantitative estimate of drug-likeness (QED) is 0.560. The summed E-state index contributed by atoms with van der Waals surface area (Å²) in [7, 11) is 0. The van der Waals surface area contributed by atoms with Gasteiger partial charge in [0.2, 0.25) is 0 Å². The molecule has 0 amide bonds. The molecule has 0 fully saturated rings. The van der Waals surface area contributed by atoms with E-state index in [9.17, 15) is 13.2 Å². The number of hydrogen-bond donors (Lipinski definition) is 0. The maximum atomic E-state index is 13.7. The van der Waals surface area contributed by atoms with Gasteiger partial charge in [-0.25, -0.2) is 0 Å². The Hall–Kier alpha value is -0.210. The van der Waals surface area contributed by atoms with Gasteiger partial charge in [0, 0.05) is 0 Å². The highest BCUT2D eigenvalue weighted by molar-refractivity contribution is 4.95. The van der Waals surface area contributed by atoms with Gasteiger partial charge in [-0.15, -0.1) is 0 Å². The van der Waals surface area contributed by atoms with E-state index in [-0.39, 0.29) is 23.7 Å². The predicted molar refractivity (Wildman–Crippen MR) is 71.4 cm³/mol. The van der Waals surface area contributed by atoms with Gasteiger partial charge in [0.15, 0.2) is 0 Å². The zero-order chi connectivity index (χ0) is 14.7. The molecule has 0 aliphatic carbocycles. The van der Waals surface area contributed by atoms with Crippen LogP contribution in [0, 0.1) is 29.1 Å². The van der Waals surface area contributed by atoms with Crippen molar-refractivity contribution in [3.63, 3.8) is 0 Å². The molecule has 0 aromatic heterocycles. The average Bonchev–Trinajstić information content (AvgIpc) is 2.16. The van der Waals surface area contributed by atoms with Crippen molar-refractivity contribution >= 4 is 0 Å². The van der Waals surface area contributed by atoms with Crippen molar-refractivity contribution < 1.29 is 13.2 Å². The Kier molecular flexibility index (Phi) is 6.22. The van der Waals surface area contributed by atoms with Crippen molar-refractivity contribution in [1.29, 1.82) is 0 Å². The third-order valence-electron chi connectivity index (χ3n) is 4.57. The molecule has 0 nitrogen and oxygen atoms in total. The minimum absolute atomic E-state index is 0.0391. The summed E-state index contributed by atoms with van der Waals surface area (Å²) in [6.45, 7) is 12.8. The summed E-state index contributed by atoms with van der Waals surface area (Å²) >= 11 is 0. The van der Waals surface area contributed by atoms with Gasteiger partial charge in [-0.1, -0.05) is 61.3 Å². The molecule has 0 aliphatic rings. The van der Waals surface area contributed by atoms with Crippen molar-refractivity contribution in [1.82, 2.24) is 0 Å². The van der Waals surface area contributed by atoms with Crippen LogP contribution in [-0.4, -0.2) is 6.18 Å². The molecule has 110 valence electrons. The molecular weight excluding hydrogens is 237 g/mol. The fourth-order valence-corrected chi connectivity index (χ4v) is 3.98. The summed E-state index contributed by atoms with van der Waals surface area (Å²) in [6.07, 6.45) is -2.96. The second-order valence-corrected chi connectivity index (χ2v) is 6.31. The third-order valence-corrected chi connectivity index (χ3v) is 4.57. The van der Waals surface area contributed by atoms with Gasteiger partial charge in [-0.05, 0) is 23.7 Å². The lowest BCUT2D eigenvalue weighted by molar-refractivity contribution is -0.268. The molecule has 0 N–H and O–H groups in total. The Labute approximate surface area is 110 Å². The molecule has 0 aliphatic heterocycles. The Morgan fingerprint density at radius 1 is 0.833 bits per heavy atom. The second-order valence-electron chi connectivity index (χ2n) is 6.31. The number of rotatable bonds is 6. The molecule has 3 heteroatoms. The maximum absolute atomic E-state index is 13.7. The molecule has 0 radical (unpaired) electrons. The van der Waals surface area contributed by atoms with Gasteiger partial charge >= 0.3 is 6.18 Å². The lowest BCUT2D eigenvalue weighted by Crippen LogP contribution is -2.51. The van der Waals surface area contributed by atoms with Crippen LogP contribution >= 0.6 is 0 Å². The average molecular weight is 266 g/mol. The number of hydrogen-bond acceptors (Lipinski definition) is 0. The Bertz CT molecular complexity index is 231. The van der Waals surface area contributed by atoms with Crippen molar-refractivity contribution in [3.8, 4) is 0 Å². The summed E-state index contributed by atoms with van der Waals surface area (Å²) < 4.78 is 41.1. The van der Waals surface area contributed by atoms with Crippen LogP contribution in [0.15, 0.2) is 0 Å². The first-order valence-electron chi connectivity index (χ1n) is 7.10. The predicted octanol–water partition coefficient (Wildman–Crippen LogP) is 5.92. The van der Waals surface area contributed by atoms with Crippen LogP contribution in [0.3, 0.4) is 0 Å². The third kappa shape index (κ3) is 3.21. The minimum Gasteiger partial charge on any atom is -0.170 e. The van der Waals surface area contributed by atoms with Crippen molar-refractivity contribution in [3.05, 3.63) is 0 Å². The summed E-state index contributed by atoms with van der Waals surface area (Å²) in [5, 5.41) is 0. The maximum Gasteiger partial charge on any atom is 0.394 e. The second kappa shape index (κ2) is 6.29. The summed E-state index contributed by atoms with van der Waals surface area (Å²) in [4.78, 5) is 0. The normalized spacial score (nSPS) is 17.0. The highest BCUT2D eigenvalue weighted by Crippen LogP contribution is 2.55. The van der Waals surface area contributed by atoms with E-state index >= 15 is 0 Å². The summed E-state index contributed by atoms with van der Waals surface area (Å²) in [5.74, 6) is -0.552. The van der Waals surface area contributed by atoms with Gasteiger partial charge < -0.3 is 0 Å². The molecular formula is C15H29F3. The first-order valence-corrected chi connectivity index (χ1v) is 7.10. The van der Waals surface area contributed by atoms with Gasteiger partial charge in [0.1, 0.15) is 0 Å². The highest BCUT2D eigenvalue weighted by Gasteiger charge is 2.59. The minimum atomic E-state index is -4.14. The molecule has 0 saturated carbocycles. The molecule has 0 bridgehead atoms. The van der Waals surface area contributed by atoms with Crippen LogP contribution in [0.5, 0.6) is 0 Å². The Morgan fingerprint density at radius 2 is 1.17 bits per heavy atom. The molecule has 0 rings (SSSR count). The van der Waals surface area contributed by atoms with Crippen LogP contribution in [0.2, 0.25) is 0 Å². The van der Waals surface area contributed by atoms with Crippen LogP contribution in [-0.2, 0) is 0 Å². The highest BCUT2D eigenvalue weighted by atomic mass is 19.4. The van der Waals surface area contributed by atoms with E-state index in [4.69, 9.17) is 0 Å². The Balaban J connectivity index is 5.72. The smallest absolute Gasteiger partial charge is 0.170 e. The van der Waals surface area contributed by atoms with Crippen molar-refractivity contribution in [2.45, 2.75) is 67.5 Å². The molecule has 18 heavy (non-hydrogen) atoms. The largest absolute Gasteiger partial charge is 0.394 e. The standard InChI is InChI=1S/C15H29F3/c1-8-12(9-2)14(7,15(16,17)18)13(10(3)4)11(5)6/h10-13H,8-9H2,1-7H3. The van der Waals surface area contributed by atoms with E-state index in [0.29, 0.717) is 12.8 Å². The van der Waals surface area contributed by atoms with Gasteiger partial charge in [-0.3, -0.25) is 0 Å². The fraction of sp³-hybridized carbons (Fsp3) is 1.00. The van der Waals surface area contributed by atoms with Crippen LogP contribution in [0.25, 0.3) is 0 Å². The number of alkyl halides is 3. The van der Waals surface area contributed by atoms with E-state index in [1.165, 1.54) is 6.92 Å². The monoisotopic (exact) mass is 266 g/mol. The van der Waals surface area contributed by atoms with Crippen LogP contribution in [0.1, 0.15) is 61.3 Å². The summed E-state index contributed by atoms with van der Waals surface area (Å²) in [6, 6.07) is 0. The van der Waals surface area contributed by atoms with E-state index in [1.54, 1.807) is 0 Å². The topological polar surface area (TPSA) is 0 Å². The van der Waals surface area contributed by atoms with Gasteiger partial charge in [0.25, 0.3) is 0 Å². The first kappa shape index (κ1) is 17.8. The zero-order valence-corrected chi connectivity index (χ0v) is 12.9. The number of halogens is 3. The molecule has 0 spiro atoms. The van der Waals surface area contributed by atoms with Crippen molar-refractivity contribution in [2.75, 3.05) is 0 Å². The molecule has 1 unspecified atom stereocenters. The molecule has 1 atom stereocenters. The van der Waals surface area contributed by atoms with E-state index in [1.807, 2.05) is 41.5 Å². The lowest BCUT2D eigenvalue weighted by Gasteiger charge is -2.48. The van der Waals surface area contributed by atoms with Crippen LogP contribution in [0.4, 0.5) is 13.2 Å². The first-order chi connectivity index (χ1) is 8.03. The van der Waals surface area contributed by atoms with Gasteiger partial charge in [-0.2, -0.15) is 13.2 Å². The molecule has 0 saturated heterocycles. The summed E-state index contributed by atoms with van der Waals surface area (Å²) in [5.41, 5.74) is -1.58. The lowest BCUT2D eigenvalue weighted by atomic mass is 9.58.